The number of rotatable bonds is 4. The molecular formula is C13H18ClN3O3. The Hall–Kier alpha value is -1.21. The molecule has 1 fully saturated rings. The maximum absolute atomic E-state index is 11.1. The minimum Gasteiger partial charge on any atom is -0.374 e. The second-order valence-electron chi connectivity index (χ2n) is 5.00. The molecule has 1 aliphatic rings. The number of morpholine rings is 1. The van der Waals surface area contributed by atoms with E-state index in [0.29, 0.717) is 36.8 Å². The van der Waals surface area contributed by atoms with Gasteiger partial charge < -0.3 is 10.5 Å². The van der Waals surface area contributed by atoms with Crippen LogP contribution in [0.3, 0.4) is 0 Å². The molecule has 2 rings (SSSR count). The van der Waals surface area contributed by atoms with Gasteiger partial charge in [-0.2, -0.15) is 0 Å². The van der Waals surface area contributed by atoms with Crippen molar-refractivity contribution in [3.05, 3.63) is 38.9 Å². The van der Waals surface area contributed by atoms with Crippen molar-refractivity contribution in [3.63, 3.8) is 0 Å². The number of nitrogens with two attached hydrogens (primary N) is 1. The summed E-state index contributed by atoms with van der Waals surface area (Å²) in [5.74, 6) is 0. The summed E-state index contributed by atoms with van der Waals surface area (Å²) in [5, 5.41) is 11.5. The lowest BCUT2D eigenvalue weighted by Gasteiger charge is -2.34. The fraction of sp³-hybridized carbons (Fsp3) is 0.538. The van der Waals surface area contributed by atoms with Gasteiger partial charge in [0.05, 0.1) is 28.2 Å². The number of hydrogen-bond donors (Lipinski definition) is 1. The van der Waals surface area contributed by atoms with Gasteiger partial charge in [0.1, 0.15) is 0 Å². The number of ether oxygens (including phenoxy) is 1. The van der Waals surface area contributed by atoms with E-state index in [-0.39, 0.29) is 17.8 Å². The van der Waals surface area contributed by atoms with Gasteiger partial charge in [0, 0.05) is 31.7 Å². The molecule has 1 heterocycles. The Balaban J connectivity index is 2.15. The highest BCUT2D eigenvalue weighted by molar-refractivity contribution is 6.31. The number of benzene rings is 1. The summed E-state index contributed by atoms with van der Waals surface area (Å²) in [7, 11) is 0. The van der Waals surface area contributed by atoms with Gasteiger partial charge in [-0.3, -0.25) is 15.0 Å². The van der Waals surface area contributed by atoms with Gasteiger partial charge in [-0.05, 0) is 13.0 Å². The van der Waals surface area contributed by atoms with E-state index >= 15 is 0 Å². The first kappa shape index (κ1) is 15.2. The van der Waals surface area contributed by atoms with Gasteiger partial charge in [0.25, 0.3) is 5.69 Å². The third-order valence-corrected chi connectivity index (χ3v) is 3.79. The molecular weight excluding hydrogens is 282 g/mol. The Bertz CT molecular complexity index is 496. The molecule has 2 atom stereocenters. The van der Waals surface area contributed by atoms with Crippen molar-refractivity contribution in [2.45, 2.75) is 25.6 Å². The fourth-order valence-corrected chi connectivity index (χ4v) is 2.52. The Morgan fingerprint density at radius 1 is 1.65 bits per heavy atom. The smallest absolute Gasteiger partial charge is 0.275 e. The van der Waals surface area contributed by atoms with Crippen LogP contribution in [0, 0.1) is 10.1 Å². The zero-order valence-electron chi connectivity index (χ0n) is 11.3. The number of nitrogens with zero attached hydrogens (tertiary/aromatic N) is 2. The predicted octanol–water partition coefficient (Wildman–Crippen LogP) is 1.80. The molecule has 20 heavy (non-hydrogen) atoms. The molecule has 0 bridgehead atoms. The summed E-state index contributed by atoms with van der Waals surface area (Å²) in [4.78, 5) is 12.8. The van der Waals surface area contributed by atoms with E-state index in [1.807, 2.05) is 6.92 Å². The molecule has 0 saturated carbocycles. The number of halogens is 1. The highest BCUT2D eigenvalue weighted by atomic mass is 35.5. The summed E-state index contributed by atoms with van der Waals surface area (Å²) in [6, 6.07) is 4.67. The Labute approximate surface area is 122 Å². The molecule has 2 unspecified atom stereocenters. The molecule has 0 aromatic heterocycles. The minimum absolute atomic E-state index is 0.0507. The van der Waals surface area contributed by atoms with Crippen molar-refractivity contribution in [3.8, 4) is 0 Å². The highest BCUT2D eigenvalue weighted by Crippen LogP contribution is 2.28. The van der Waals surface area contributed by atoms with Crippen LogP contribution in [0.5, 0.6) is 0 Å². The fourth-order valence-electron chi connectivity index (χ4n) is 2.29. The summed E-state index contributed by atoms with van der Waals surface area (Å²) in [5.41, 5.74) is 6.45. The predicted molar refractivity (Wildman–Crippen MR) is 76.8 cm³/mol. The lowest BCUT2D eigenvalue weighted by atomic mass is 10.1. The topological polar surface area (TPSA) is 81.6 Å². The van der Waals surface area contributed by atoms with Crippen molar-refractivity contribution < 1.29 is 9.66 Å². The zero-order chi connectivity index (χ0) is 14.7. The SMILES string of the molecule is CC(N)C1CN(Cc2c(Cl)cccc2[N+](=O)[O-])CCO1. The first-order chi connectivity index (χ1) is 9.49. The van der Waals surface area contributed by atoms with Crippen LogP contribution in [0.1, 0.15) is 12.5 Å². The molecule has 0 radical (unpaired) electrons. The van der Waals surface area contributed by atoms with Crippen molar-refractivity contribution in [1.82, 2.24) is 4.90 Å². The van der Waals surface area contributed by atoms with Crippen LogP contribution in [0.4, 0.5) is 5.69 Å². The van der Waals surface area contributed by atoms with Crippen LogP contribution in [0.2, 0.25) is 5.02 Å². The summed E-state index contributed by atoms with van der Waals surface area (Å²) >= 11 is 6.10. The largest absolute Gasteiger partial charge is 0.374 e. The quantitative estimate of drug-likeness (QED) is 0.677. The zero-order valence-corrected chi connectivity index (χ0v) is 12.0. The van der Waals surface area contributed by atoms with Gasteiger partial charge in [0.2, 0.25) is 0 Å². The standard InChI is InChI=1S/C13H18ClN3O3/c1-9(15)13-8-16(5-6-20-13)7-10-11(14)3-2-4-12(10)17(18)19/h2-4,9,13H,5-8,15H2,1H3. The first-order valence-corrected chi connectivity index (χ1v) is 6.88. The van der Waals surface area contributed by atoms with Gasteiger partial charge >= 0.3 is 0 Å². The van der Waals surface area contributed by atoms with Gasteiger partial charge in [0.15, 0.2) is 0 Å². The Morgan fingerprint density at radius 2 is 2.40 bits per heavy atom. The molecule has 110 valence electrons. The first-order valence-electron chi connectivity index (χ1n) is 6.50. The number of hydrogen-bond acceptors (Lipinski definition) is 5. The maximum atomic E-state index is 11.1. The van der Waals surface area contributed by atoms with Gasteiger partial charge in [-0.1, -0.05) is 17.7 Å². The summed E-state index contributed by atoms with van der Waals surface area (Å²) in [6.45, 7) is 4.27. The molecule has 1 saturated heterocycles. The number of nitro benzene ring substituents is 1. The molecule has 0 aliphatic carbocycles. The molecule has 2 N–H and O–H groups in total. The Kier molecular flexibility index (Phi) is 4.93. The third-order valence-electron chi connectivity index (χ3n) is 3.44. The van der Waals surface area contributed by atoms with E-state index in [4.69, 9.17) is 22.1 Å². The lowest BCUT2D eigenvalue weighted by Crippen LogP contribution is -2.49. The van der Waals surface area contributed by atoms with Crippen molar-refractivity contribution in [2.75, 3.05) is 19.7 Å². The van der Waals surface area contributed by atoms with Crippen LogP contribution in [-0.4, -0.2) is 41.7 Å². The average molecular weight is 300 g/mol. The second-order valence-corrected chi connectivity index (χ2v) is 5.41. The van der Waals surface area contributed by atoms with Crippen LogP contribution in [0.25, 0.3) is 0 Å². The average Bonchev–Trinajstić information content (AvgIpc) is 2.41. The van der Waals surface area contributed by atoms with E-state index in [2.05, 4.69) is 4.90 Å². The normalized spacial score (nSPS) is 21.6. The van der Waals surface area contributed by atoms with Gasteiger partial charge in [-0.25, -0.2) is 0 Å². The summed E-state index contributed by atoms with van der Waals surface area (Å²) in [6.07, 6.45) is -0.0507. The van der Waals surface area contributed by atoms with E-state index < -0.39 is 4.92 Å². The molecule has 1 aromatic rings. The van der Waals surface area contributed by atoms with E-state index in [1.165, 1.54) is 6.07 Å². The molecule has 0 spiro atoms. The van der Waals surface area contributed by atoms with Crippen LogP contribution < -0.4 is 5.73 Å². The molecule has 0 amide bonds. The number of nitro groups is 1. The molecule has 7 heteroatoms. The van der Waals surface area contributed by atoms with Crippen molar-refractivity contribution in [1.29, 1.82) is 0 Å². The molecule has 6 nitrogen and oxygen atoms in total. The van der Waals surface area contributed by atoms with E-state index in [9.17, 15) is 10.1 Å². The minimum atomic E-state index is -0.398. The van der Waals surface area contributed by atoms with Crippen molar-refractivity contribution in [2.24, 2.45) is 5.73 Å². The summed E-state index contributed by atoms with van der Waals surface area (Å²) < 4.78 is 5.58. The third kappa shape index (κ3) is 3.46. The van der Waals surface area contributed by atoms with Crippen LogP contribution in [0.15, 0.2) is 18.2 Å². The van der Waals surface area contributed by atoms with E-state index in [1.54, 1.807) is 12.1 Å². The van der Waals surface area contributed by atoms with Crippen LogP contribution >= 0.6 is 11.6 Å². The second kappa shape index (κ2) is 6.49. The highest BCUT2D eigenvalue weighted by Gasteiger charge is 2.26. The van der Waals surface area contributed by atoms with Crippen LogP contribution in [-0.2, 0) is 11.3 Å². The lowest BCUT2D eigenvalue weighted by molar-refractivity contribution is -0.385. The van der Waals surface area contributed by atoms with E-state index in [0.717, 1.165) is 0 Å². The maximum Gasteiger partial charge on any atom is 0.275 e. The monoisotopic (exact) mass is 299 g/mol. The molecule has 1 aromatic carbocycles. The van der Waals surface area contributed by atoms with Gasteiger partial charge in [-0.15, -0.1) is 0 Å². The Morgan fingerprint density at radius 3 is 3.05 bits per heavy atom. The van der Waals surface area contributed by atoms with Crippen molar-refractivity contribution >= 4 is 17.3 Å². The molecule has 1 aliphatic heterocycles.